The van der Waals surface area contributed by atoms with Crippen LogP contribution in [0.2, 0.25) is 0 Å². The molecule has 314 valence electrons. The lowest BCUT2D eigenvalue weighted by Gasteiger charge is -2.45. The molecule has 1 aliphatic carbocycles. The Labute approximate surface area is 381 Å². The van der Waals surface area contributed by atoms with Crippen molar-refractivity contribution in [2.24, 2.45) is 0 Å². The Bertz CT molecular complexity index is 3190. The Morgan fingerprint density at radius 1 is 0.406 bits per heavy atom. The van der Waals surface area contributed by atoms with Crippen LogP contribution in [0.3, 0.4) is 0 Å². The van der Waals surface area contributed by atoms with Crippen molar-refractivity contribution >= 4 is 57.2 Å². The third kappa shape index (κ3) is 6.15. The minimum absolute atomic E-state index is 0.0101. The number of nitrogens with zero attached hydrogens (tertiary/aromatic N) is 2. The lowest BCUT2D eigenvalue weighted by Crippen LogP contribution is -2.61. The Morgan fingerprint density at radius 3 is 1.58 bits per heavy atom. The second-order valence-electron chi connectivity index (χ2n) is 21.2. The normalized spacial score (nSPS) is 14.4. The van der Waals surface area contributed by atoms with Crippen molar-refractivity contribution < 1.29 is 0 Å². The van der Waals surface area contributed by atoms with Gasteiger partial charge in [-0.2, -0.15) is 0 Å². The van der Waals surface area contributed by atoms with E-state index in [-0.39, 0.29) is 23.0 Å². The van der Waals surface area contributed by atoms with Gasteiger partial charge in [-0.1, -0.05) is 171 Å². The zero-order chi connectivity index (χ0) is 44.4. The molecule has 0 spiro atoms. The predicted molar refractivity (Wildman–Crippen MR) is 276 cm³/mol. The molecule has 0 atom stereocenters. The highest BCUT2D eigenvalue weighted by Crippen LogP contribution is 2.52. The van der Waals surface area contributed by atoms with Crippen LogP contribution in [0, 0.1) is 13.8 Å². The van der Waals surface area contributed by atoms with Crippen LogP contribution >= 0.6 is 0 Å². The summed E-state index contributed by atoms with van der Waals surface area (Å²) in [6, 6.07) is 62.8. The van der Waals surface area contributed by atoms with Gasteiger partial charge < -0.3 is 9.80 Å². The first-order valence-electron chi connectivity index (χ1n) is 23.1. The molecule has 0 saturated heterocycles. The highest BCUT2D eigenvalue weighted by molar-refractivity contribution is 7.00. The minimum atomic E-state index is -0.130. The van der Waals surface area contributed by atoms with Crippen LogP contribution in [0.25, 0.3) is 33.4 Å². The molecule has 0 unspecified atom stereocenters. The second-order valence-corrected chi connectivity index (χ2v) is 21.2. The summed E-state index contributed by atoms with van der Waals surface area (Å²) in [7, 11) is 0. The molecule has 8 aromatic rings. The van der Waals surface area contributed by atoms with Gasteiger partial charge in [0.2, 0.25) is 0 Å². The first-order chi connectivity index (χ1) is 30.6. The Kier molecular flexibility index (Phi) is 8.93. The van der Waals surface area contributed by atoms with Crippen molar-refractivity contribution in [2.75, 3.05) is 9.80 Å². The number of benzene rings is 8. The molecule has 0 bridgehead atoms. The Balaban J connectivity index is 1.22. The van der Waals surface area contributed by atoms with Crippen LogP contribution in [-0.4, -0.2) is 6.71 Å². The predicted octanol–water partition coefficient (Wildman–Crippen LogP) is 14.6. The van der Waals surface area contributed by atoms with E-state index < -0.39 is 0 Å². The topological polar surface area (TPSA) is 6.48 Å². The molecule has 3 heteroatoms. The van der Waals surface area contributed by atoms with Crippen molar-refractivity contribution in [1.29, 1.82) is 0 Å². The third-order valence-corrected chi connectivity index (χ3v) is 14.7. The fraction of sp³-hybridized carbons (Fsp3) is 0.213. The van der Waals surface area contributed by atoms with Gasteiger partial charge in [-0.3, -0.25) is 0 Å². The summed E-state index contributed by atoms with van der Waals surface area (Å²) in [5, 5.41) is 0. The van der Waals surface area contributed by atoms with Crippen molar-refractivity contribution in [2.45, 2.75) is 85.5 Å². The molecule has 11 rings (SSSR count). The lowest BCUT2D eigenvalue weighted by molar-refractivity contribution is 0.590. The van der Waals surface area contributed by atoms with Gasteiger partial charge in [0.05, 0.1) is 0 Å². The van der Waals surface area contributed by atoms with Gasteiger partial charge in [0.15, 0.2) is 0 Å². The van der Waals surface area contributed by atoms with Gasteiger partial charge in [-0.05, 0) is 156 Å². The van der Waals surface area contributed by atoms with Crippen LogP contribution in [0.1, 0.15) is 88.8 Å². The minimum Gasteiger partial charge on any atom is -0.311 e. The van der Waals surface area contributed by atoms with E-state index in [0.29, 0.717) is 0 Å². The van der Waals surface area contributed by atoms with Crippen LogP contribution in [0.4, 0.5) is 34.1 Å². The second kappa shape index (κ2) is 14.2. The number of fused-ring (bicyclic) bond motifs is 7. The fourth-order valence-corrected chi connectivity index (χ4v) is 11.0. The van der Waals surface area contributed by atoms with Crippen LogP contribution in [0.15, 0.2) is 164 Å². The average Bonchev–Trinajstić information content (AvgIpc) is 3.50. The maximum absolute atomic E-state index is 2.63. The molecule has 2 nitrogen and oxygen atoms in total. The molecule has 2 aliphatic heterocycles. The van der Waals surface area contributed by atoms with E-state index in [0.717, 1.165) is 5.69 Å². The summed E-state index contributed by atoms with van der Waals surface area (Å²) in [5.74, 6) is 0. The molecule has 0 amide bonds. The molecule has 64 heavy (non-hydrogen) atoms. The summed E-state index contributed by atoms with van der Waals surface area (Å²) in [6.07, 6.45) is 0. The number of rotatable bonds is 4. The zero-order valence-corrected chi connectivity index (χ0v) is 39.1. The summed E-state index contributed by atoms with van der Waals surface area (Å²) >= 11 is 0. The zero-order valence-electron chi connectivity index (χ0n) is 39.1. The molecule has 0 aromatic heterocycles. The number of aryl methyl sites for hydroxylation is 2. The van der Waals surface area contributed by atoms with E-state index >= 15 is 0 Å². The maximum atomic E-state index is 2.63. The standard InChI is InChI=1S/C61H57BN2/c1-38-17-11-13-19-46(38)40-23-27-44(28-24-40)63-54-32-25-41(47-20-14-12-18-39(47)2)33-53(54)62-52-31-26-42(59(3,4)5)34-55(52)64(57-36-43(60(6,7)8)35-56(63)58(57)62)45-29-30-49-48-21-15-16-22-50(48)61(9,10)51(49)37-45/h11-37H,1-10H3. The average molecular weight is 829 g/mol. The van der Waals surface area contributed by atoms with Crippen molar-refractivity contribution in [1.82, 2.24) is 0 Å². The summed E-state index contributed by atoms with van der Waals surface area (Å²) in [6.45, 7) is 23.3. The summed E-state index contributed by atoms with van der Waals surface area (Å²) in [5.41, 5.74) is 26.8. The fourth-order valence-electron chi connectivity index (χ4n) is 11.0. The van der Waals surface area contributed by atoms with Gasteiger partial charge in [-0.25, -0.2) is 0 Å². The molecule has 0 radical (unpaired) electrons. The van der Waals surface area contributed by atoms with Gasteiger partial charge in [-0.15, -0.1) is 0 Å². The molecule has 0 fully saturated rings. The molecule has 0 N–H and O–H groups in total. The monoisotopic (exact) mass is 828 g/mol. The molecular weight excluding hydrogens is 771 g/mol. The van der Waals surface area contributed by atoms with Crippen LogP contribution in [0.5, 0.6) is 0 Å². The van der Waals surface area contributed by atoms with Crippen molar-refractivity contribution in [3.05, 3.63) is 197 Å². The van der Waals surface area contributed by atoms with E-state index in [1.807, 2.05) is 0 Å². The van der Waals surface area contributed by atoms with Gasteiger partial charge >= 0.3 is 0 Å². The number of hydrogen-bond donors (Lipinski definition) is 0. The largest absolute Gasteiger partial charge is 0.311 e. The first-order valence-corrected chi connectivity index (χ1v) is 23.1. The Hall–Kier alpha value is -6.58. The SMILES string of the molecule is Cc1ccccc1-c1ccc(N2c3ccc(-c4ccccc4C)cc3B3c4ccc(C(C)(C)C)cc4N(c4ccc5c(c4)C(C)(C)c4ccccc4-5)c4cc(C(C)(C)C)cc2c43)cc1. The molecule has 0 saturated carbocycles. The van der Waals surface area contributed by atoms with E-state index in [4.69, 9.17) is 0 Å². The van der Waals surface area contributed by atoms with E-state index in [2.05, 4.69) is 243 Å². The third-order valence-electron chi connectivity index (χ3n) is 14.7. The number of anilines is 6. The smallest absolute Gasteiger partial charge is 0.252 e. The molecule has 3 aliphatic rings. The molecule has 8 aromatic carbocycles. The molecule has 2 heterocycles. The summed E-state index contributed by atoms with van der Waals surface area (Å²) in [4.78, 5) is 5.20. The maximum Gasteiger partial charge on any atom is 0.252 e. The van der Waals surface area contributed by atoms with E-state index in [1.54, 1.807) is 0 Å². The van der Waals surface area contributed by atoms with Crippen LogP contribution < -0.4 is 26.2 Å². The van der Waals surface area contributed by atoms with Crippen molar-refractivity contribution in [3.8, 4) is 33.4 Å². The van der Waals surface area contributed by atoms with E-state index in [1.165, 1.54) is 112 Å². The molecular formula is C61H57BN2. The van der Waals surface area contributed by atoms with E-state index in [9.17, 15) is 0 Å². The first kappa shape index (κ1) is 40.2. The highest BCUT2D eigenvalue weighted by atomic mass is 15.2. The lowest BCUT2D eigenvalue weighted by atomic mass is 9.33. The summed E-state index contributed by atoms with van der Waals surface area (Å²) < 4.78 is 0. The van der Waals surface area contributed by atoms with Gasteiger partial charge in [0, 0.05) is 39.5 Å². The van der Waals surface area contributed by atoms with Crippen LogP contribution in [-0.2, 0) is 16.2 Å². The quantitative estimate of drug-likeness (QED) is 0.163. The van der Waals surface area contributed by atoms with Gasteiger partial charge in [0.25, 0.3) is 6.71 Å². The Morgan fingerprint density at radius 2 is 0.938 bits per heavy atom. The van der Waals surface area contributed by atoms with Gasteiger partial charge in [0.1, 0.15) is 0 Å². The number of hydrogen-bond acceptors (Lipinski definition) is 2. The highest BCUT2D eigenvalue weighted by Gasteiger charge is 2.45. The van der Waals surface area contributed by atoms with Crippen molar-refractivity contribution in [3.63, 3.8) is 0 Å².